The van der Waals surface area contributed by atoms with Gasteiger partial charge in [0.25, 0.3) is 0 Å². The van der Waals surface area contributed by atoms with Crippen LogP contribution in [0.2, 0.25) is 0 Å². The number of hydrogen-bond donors (Lipinski definition) is 0. The predicted octanol–water partition coefficient (Wildman–Crippen LogP) is 3.98. The van der Waals surface area contributed by atoms with Gasteiger partial charge in [-0.05, 0) is 12.1 Å². The number of hydrogen-bond acceptors (Lipinski definition) is 2. The van der Waals surface area contributed by atoms with Crippen molar-refractivity contribution < 1.29 is 17.9 Å². The standard InChI is InChI=1S/C13H12BrF3N2O/c1-20-7-6-19-8-11(13(15,16)17)18-12(19)9-2-4-10(14)5-3-9/h2-5,8H,6-7H2,1H3. The van der Waals surface area contributed by atoms with Crippen molar-refractivity contribution in [2.24, 2.45) is 0 Å². The molecule has 2 aromatic rings. The number of halogens is 4. The number of rotatable bonds is 4. The predicted molar refractivity (Wildman–Crippen MR) is 72.2 cm³/mol. The molecule has 0 aliphatic rings. The third-order valence-corrected chi connectivity index (χ3v) is 3.23. The maximum Gasteiger partial charge on any atom is 0.434 e. The van der Waals surface area contributed by atoms with Crippen molar-refractivity contribution in [3.63, 3.8) is 0 Å². The minimum absolute atomic E-state index is 0.280. The molecule has 0 amide bonds. The number of imidazole rings is 1. The molecule has 0 saturated heterocycles. The molecule has 1 aromatic carbocycles. The van der Waals surface area contributed by atoms with Crippen LogP contribution in [0.4, 0.5) is 13.2 Å². The number of aromatic nitrogens is 2. The first kappa shape index (κ1) is 15.1. The second-order valence-electron chi connectivity index (χ2n) is 4.14. The van der Waals surface area contributed by atoms with E-state index in [0.29, 0.717) is 18.7 Å². The second kappa shape index (κ2) is 5.97. The van der Waals surface area contributed by atoms with E-state index in [1.165, 1.54) is 11.7 Å². The van der Waals surface area contributed by atoms with E-state index in [0.717, 1.165) is 10.7 Å². The van der Waals surface area contributed by atoms with Gasteiger partial charge in [-0.1, -0.05) is 28.1 Å². The average Bonchev–Trinajstić information content (AvgIpc) is 2.81. The lowest BCUT2D eigenvalue weighted by Crippen LogP contribution is -2.06. The summed E-state index contributed by atoms with van der Waals surface area (Å²) in [6, 6.07) is 6.96. The van der Waals surface area contributed by atoms with Crippen LogP contribution in [0.1, 0.15) is 5.69 Å². The zero-order valence-corrected chi connectivity index (χ0v) is 12.2. The average molecular weight is 349 g/mol. The minimum atomic E-state index is -4.46. The highest BCUT2D eigenvalue weighted by molar-refractivity contribution is 9.10. The van der Waals surface area contributed by atoms with Gasteiger partial charge < -0.3 is 9.30 Å². The van der Waals surface area contributed by atoms with Crippen LogP contribution in [0, 0.1) is 0 Å². The van der Waals surface area contributed by atoms with E-state index < -0.39 is 11.9 Å². The van der Waals surface area contributed by atoms with Gasteiger partial charge in [-0.3, -0.25) is 0 Å². The first-order valence-electron chi connectivity index (χ1n) is 5.81. The van der Waals surface area contributed by atoms with Crippen LogP contribution >= 0.6 is 15.9 Å². The van der Waals surface area contributed by atoms with Crippen LogP contribution in [0.25, 0.3) is 11.4 Å². The SMILES string of the molecule is COCCn1cc(C(F)(F)F)nc1-c1ccc(Br)cc1. The molecule has 3 nitrogen and oxygen atoms in total. The summed E-state index contributed by atoms with van der Waals surface area (Å²) in [5.41, 5.74) is -0.272. The summed E-state index contributed by atoms with van der Waals surface area (Å²) >= 11 is 3.29. The van der Waals surface area contributed by atoms with Crippen molar-refractivity contribution in [1.29, 1.82) is 0 Å². The Hall–Kier alpha value is -1.34. The Morgan fingerprint density at radius 1 is 1.25 bits per heavy atom. The lowest BCUT2D eigenvalue weighted by Gasteiger charge is -2.06. The van der Waals surface area contributed by atoms with Crippen molar-refractivity contribution in [1.82, 2.24) is 9.55 Å². The van der Waals surface area contributed by atoms with E-state index >= 15 is 0 Å². The van der Waals surface area contributed by atoms with E-state index in [1.54, 1.807) is 24.3 Å². The Morgan fingerprint density at radius 2 is 1.90 bits per heavy atom. The smallest absolute Gasteiger partial charge is 0.383 e. The zero-order valence-electron chi connectivity index (χ0n) is 10.6. The summed E-state index contributed by atoms with van der Waals surface area (Å²) in [5.74, 6) is 0.280. The summed E-state index contributed by atoms with van der Waals surface area (Å²) in [5, 5.41) is 0. The Labute approximate surface area is 122 Å². The second-order valence-corrected chi connectivity index (χ2v) is 5.06. The third-order valence-electron chi connectivity index (χ3n) is 2.71. The van der Waals surface area contributed by atoms with E-state index in [2.05, 4.69) is 20.9 Å². The van der Waals surface area contributed by atoms with Gasteiger partial charge in [0.15, 0.2) is 5.69 Å². The maximum atomic E-state index is 12.8. The highest BCUT2D eigenvalue weighted by atomic mass is 79.9. The fourth-order valence-corrected chi connectivity index (χ4v) is 2.01. The molecule has 0 saturated carbocycles. The van der Waals surface area contributed by atoms with Crippen molar-refractivity contribution >= 4 is 15.9 Å². The molecule has 0 spiro atoms. The molecule has 1 heterocycles. The topological polar surface area (TPSA) is 27.1 Å². The Morgan fingerprint density at radius 3 is 2.45 bits per heavy atom. The quantitative estimate of drug-likeness (QED) is 0.835. The van der Waals surface area contributed by atoms with Gasteiger partial charge in [0.05, 0.1) is 6.61 Å². The number of methoxy groups -OCH3 is 1. The molecular weight excluding hydrogens is 337 g/mol. The van der Waals surface area contributed by atoms with E-state index in [-0.39, 0.29) is 5.82 Å². The summed E-state index contributed by atoms with van der Waals surface area (Å²) in [6.45, 7) is 0.627. The molecule has 0 radical (unpaired) electrons. The van der Waals surface area contributed by atoms with Gasteiger partial charge in [-0.25, -0.2) is 4.98 Å². The maximum absolute atomic E-state index is 12.8. The Bertz CT molecular complexity index is 578. The molecule has 0 unspecified atom stereocenters. The van der Waals surface area contributed by atoms with E-state index in [9.17, 15) is 13.2 Å². The van der Waals surface area contributed by atoms with Crippen LogP contribution < -0.4 is 0 Å². The first-order valence-corrected chi connectivity index (χ1v) is 6.60. The van der Waals surface area contributed by atoms with Crippen LogP contribution in [0.5, 0.6) is 0 Å². The van der Waals surface area contributed by atoms with Crippen molar-refractivity contribution in [3.05, 3.63) is 40.6 Å². The molecule has 0 N–H and O–H groups in total. The highest BCUT2D eigenvalue weighted by Gasteiger charge is 2.34. The normalized spacial score (nSPS) is 11.8. The van der Waals surface area contributed by atoms with Gasteiger partial charge in [-0.2, -0.15) is 13.2 Å². The number of benzene rings is 1. The van der Waals surface area contributed by atoms with Crippen LogP contribution in [0.3, 0.4) is 0 Å². The van der Waals surface area contributed by atoms with E-state index in [4.69, 9.17) is 4.74 Å². The number of nitrogens with zero attached hydrogens (tertiary/aromatic N) is 2. The summed E-state index contributed by atoms with van der Waals surface area (Å²) in [4.78, 5) is 3.70. The zero-order chi connectivity index (χ0) is 14.8. The summed E-state index contributed by atoms with van der Waals surface area (Å²) < 4.78 is 45.5. The molecule has 0 atom stereocenters. The highest BCUT2D eigenvalue weighted by Crippen LogP contribution is 2.31. The van der Waals surface area contributed by atoms with Gasteiger partial charge in [0.2, 0.25) is 0 Å². The fraction of sp³-hybridized carbons (Fsp3) is 0.308. The molecule has 2 rings (SSSR count). The molecule has 1 aromatic heterocycles. The third kappa shape index (κ3) is 3.40. The van der Waals surface area contributed by atoms with E-state index in [1.807, 2.05) is 0 Å². The largest absolute Gasteiger partial charge is 0.434 e. The van der Waals surface area contributed by atoms with Crippen molar-refractivity contribution in [2.45, 2.75) is 12.7 Å². The molecule has 0 aliphatic heterocycles. The Balaban J connectivity index is 2.43. The molecule has 0 aliphatic carbocycles. The monoisotopic (exact) mass is 348 g/mol. The summed E-state index contributed by atoms with van der Waals surface area (Å²) in [6.07, 6.45) is -3.45. The molecule has 20 heavy (non-hydrogen) atoms. The Kier molecular flexibility index (Phi) is 4.49. The van der Waals surface area contributed by atoms with Crippen LogP contribution in [0.15, 0.2) is 34.9 Å². The van der Waals surface area contributed by atoms with Crippen LogP contribution in [-0.4, -0.2) is 23.3 Å². The van der Waals surface area contributed by atoms with Gasteiger partial charge in [0.1, 0.15) is 5.82 Å². The van der Waals surface area contributed by atoms with Gasteiger partial charge in [-0.15, -0.1) is 0 Å². The lowest BCUT2D eigenvalue weighted by atomic mass is 10.2. The number of alkyl halides is 3. The van der Waals surface area contributed by atoms with Gasteiger partial charge >= 0.3 is 6.18 Å². The van der Waals surface area contributed by atoms with Crippen molar-refractivity contribution in [3.8, 4) is 11.4 Å². The van der Waals surface area contributed by atoms with Crippen LogP contribution in [-0.2, 0) is 17.5 Å². The molecule has 7 heteroatoms. The summed E-state index contributed by atoms with van der Waals surface area (Å²) in [7, 11) is 1.50. The van der Waals surface area contributed by atoms with Crippen molar-refractivity contribution in [2.75, 3.05) is 13.7 Å². The molecular formula is C13H12BrF3N2O. The molecule has 0 fully saturated rings. The van der Waals surface area contributed by atoms with Gasteiger partial charge in [0, 0.05) is 29.9 Å². The minimum Gasteiger partial charge on any atom is -0.383 e. The first-order chi connectivity index (χ1) is 9.41. The molecule has 108 valence electrons. The molecule has 0 bridgehead atoms. The number of ether oxygens (including phenoxy) is 1. The fourth-order valence-electron chi connectivity index (χ4n) is 1.74. The lowest BCUT2D eigenvalue weighted by molar-refractivity contribution is -0.140.